The van der Waals surface area contributed by atoms with Crippen molar-refractivity contribution in [3.8, 4) is 16.9 Å². The van der Waals surface area contributed by atoms with Crippen molar-refractivity contribution in [3.05, 3.63) is 71.4 Å². The minimum atomic E-state index is -0.0871. The Hall–Kier alpha value is -2.92. The molecule has 0 radical (unpaired) electrons. The highest BCUT2D eigenvalue weighted by Gasteiger charge is 2.19. The van der Waals surface area contributed by atoms with E-state index in [0.717, 1.165) is 29.8 Å². The number of nitrogens with one attached hydrogen (secondary N) is 1. The summed E-state index contributed by atoms with van der Waals surface area (Å²) >= 11 is 0. The number of hydrogen-bond donors (Lipinski definition) is 1. The predicted molar refractivity (Wildman–Crippen MR) is 114 cm³/mol. The third-order valence-corrected chi connectivity index (χ3v) is 4.68. The highest BCUT2D eigenvalue weighted by Crippen LogP contribution is 2.27. The Morgan fingerprint density at radius 3 is 2.54 bits per heavy atom. The minimum absolute atomic E-state index is 0.0871. The summed E-state index contributed by atoms with van der Waals surface area (Å²) in [6.45, 7) is 5.70. The van der Waals surface area contributed by atoms with Gasteiger partial charge in [0.15, 0.2) is 0 Å². The first-order chi connectivity index (χ1) is 13.5. The maximum Gasteiger partial charge on any atom is 0.255 e. The standard InChI is InChI=1S/C23H28N4O/c1-17-11-12-20(18(2)15-17)22-21(23(28)24-13-8-14-26(3)4)16-27(25-22)19-9-6-5-7-10-19/h5-7,9-12,15-16H,8,13-14H2,1-4H3,(H,24,28). The molecular formula is C23H28N4O. The summed E-state index contributed by atoms with van der Waals surface area (Å²) < 4.78 is 1.78. The molecule has 0 aliphatic rings. The van der Waals surface area contributed by atoms with Crippen molar-refractivity contribution in [2.45, 2.75) is 20.3 Å². The number of rotatable bonds is 7. The molecule has 5 nitrogen and oxygen atoms in total. The van der Waals surface area contributed by atoms with Gasteiger partial charge in [-0.2, -0.15) is 5.10 Å². The van der Waals surface area contributed by atoms with E-state index in [0.29, 0.717) is 17.8 Å². The van der Waals surface area contributed by atoms with Crippen LogP contribution in [0.15, 0.2) is 54.7 Å². The van der Waals surface area contributed by atoms with E-state index in [-0.39, 0.29) is 5.91 Å². The number of aryl methyl sites for hydroxylation is 2. The zero-order valence-corrected chi connectivity index (χ0v) is 17.1. The fourth-order valence-electron chi connectivity index (χ4n) is 3.22. The Bertz CT molecular complexity index is 944. The first kappa shape index (κ1) is 19.8. The molecule has 1 amide bonds. The number of nitrogens with zero attached hydrogens (tertiary/aromatic N) is 3. The molecule has 0 saturated carbocycles. The van der Waals surface area contributed by atoms with Gasteiger partial charge in [0.05, 0.1) is 11.3 Å². The Kier molecular flexibility index (Phi) is 6.26. The van der Waals surface area contributed by atoms with Crippen LogP contribution < -0.4 is 5.32 Å². The number of benzene rings is 2. The lowest BCUT2D eigenvalue weighted by molar-refractivity contribution is 0.0953. The number of hydrogen-bond acceptors (Lipinski definition) is 3. The van der Waals surface area contributed by atoms with Crippen LogP contribution in [0.2, 0.25) is 0 Å². The summed E-state index contributed by atoms with van der Waals surface area (Å²) in [5.74, 6) is -0.0871. The zero-order valence-electron chi connectivity index (χ0n) is 17.1. The maximum atomic E-state index is 12.9. The number of carbonyl (C=O) groups is 1. The molecule has 0 bridgehead atoms. The van der Waals surface area contributed by atoms with Crippen molar-refractivity contribution >= 4 is 5.91 Å². The van der Waals surface area contributed by atoms with E-state index in [1.54, 1.807) is 4.68 Å². The molecule has 3 rings (SSSR count). The van der Waals surface area contributed by atoms with E-state index in [1.807, 2.05) is 56.7 Å². The van der Waals surface area contributed by atoms with Crippen molar-refractivity contribution in [2.24, 2.45) is 0 Å². The number of amides is 1. The molecule has 0 aliphatic carbocycles. The number of carbonyl (C=O) groups excluding carboxylic acids is 1. The van der Waals surface area contributed by atoms with Gasteiger partial charge in [0.25, 0.3) is 5.91 Å². The van der Waals surface area contributed by atoms with E-state index in [1.165, 1.54) is 5.56 Å². The molecule has 2 aromatic carbocycles. The van der Waals surface area contributed by atoms with Crippen LogP contribution in [0.25, 0.3) is 16.9 Å². The summed E-state index contributed by atoms with van der Waals surface area (Å²) in [5.41, 5.74) is 5.53. The van der Waals surface area contributed by atoms with Gasteiger partial charge >= 0.3 is 0 Å². The third kappa shape index (κ3) is 4.67. The zero-order chi connectivity index (χ0) is 20.1. The second-order valence-electron chi connectivity index (χ2n) is 7.40. The molecular weight excluding hydrogens is 348 g/mol. The SMILES string of the molecule is Cc1ccc(-c2nn(-c3ccccc3)cc2C(=O)NCCCN(C)C)c(C)c1. The van der Waals surface area contributed by atoms with Gasteiger partial charge in [-0.1, -0.05) is 42.0 Å². The van der Waals surface area contributed by atoms with E-state index in [9.17, 15) is 4.79 Å². The minimum Gasteiger partial charge on any atom is -0.352 e. The van der Waals surface area contributed by atoms with Crippen LogP contribution in [-0.4, -0.2) is 47.8 Å². The van der Waals surface area contributed by atoms with Gasteiger partial charge in [0.2, 0.25) is 0 Å². The molecule has 0 aliphatic heterocycles. The molecule has 0 spiro atoms. The van der Waals surface area contributed by atoms with E-state index in [2.05, 4.69) is 36.2 Å². The predicted octanol–water partition coefficient (Wildman–Crippen LogP) is 3.84. The lowest BCUT2D eigenvalue weighted by atomic mass is 10.0. The smallest absolute Gasteiger partial charge is 0.255 e. The fourth-order valence-corrected chi connectivity index (χ4v) is 3.22. The second kappa shape index (κ2) is 8.85. The topological polar surface area (TPSA) is 50.2 Å². The van der Waals surface area contributed by atoms with Gasteiger partial charge in [0.1, 0.15) is 5.69 Å². The van der Waals surface area contributed by atoms with Gasteiger partial charge in [-0.05, 0) is 58.6 Å². The molecule has 1 N–H and O–H groups in total. The third-order valence-electron chi connectivity index (χ3n) is 4.68. The van der Waals surface area contributed by atoms with Gasteiger partial charge in [-0.15, -0.1) is 0 Å². The molecule has 3 aromatic rings. The molecule has 0 saturated heterocycles. The normalized spacial score (nSPS) is 11.0. The number of aromatic nitrogens is 2. The lowest BCUT2D eigenvalue weighted by Gasteiger charge is -2.10. The molecule has 28 heavy (non-hydrogen) atoms. The van der Waals surface area contributed by atoms with Crippen LogP contribution in [-0.2, 0) is 0 Å². The summed E-state index contributed by atoms with van der Waals surface area (Å²) in [6.07, 6.45) is 2.73. The number of para-hydroxylation sites is 1. The van der Waals surface area contributed by atoms with Crippen LogP contribution >= 0.6 is 0 Å². The maximum absolute atomic E-state index is 12.9. The quantitative estimate of drug-likeness (QED) is 0.638. The largest absolute Gasteiger partial charge is 0.352 e. The summed E-state index contributed by atoms with van der Waals surface area (Å²) in [7, 11) is 4.06. The van der Waals surface area contributed by atoms with Gasteiger partial charge in [-0.3, -0.25) is 4.79 Å². The summed E-state index contributed by atoms with van der Waals surface area (Å²) in [4.78, 5) is 15.0. The highest BCUT2D eigenvalue weighted by atomic mass is 16.1. The van der Waals surface area contributed by atoms with Crippen molar-refractivity contribution in [1.82, 2.24) is 20.0 Å². The second-order valence-corrected chi connectivity index (χ2v) is 7.40. The molecule has 0 unspecified atom stereocenters. The van der Waals surface area contributed by atoms with Crippen LogP contribution in [0.5, 0.6) is 0 Å². The Balaban J connectivity index is 1.94. The Morgan fingerprint density at radius 2 is 1.86 bits per heavy atom. The first-order valence-corrected chi connectivity index (χ1v) is 9.61. The molecule has 0 fully saturated rings. The Morgan fingerprint density at radius 1 is 1.11 bits per heavy atom. The van der Waals surface area contributed by atoms with Gasteiger partial charge in [0, 0.05) is 18.3 Å². The summed E-state index contributed by atoms with van der Waals surface area (Å²) in [6, 6.07) is 16.1. The van der Waals surface area contributed by atoms with Crippen LogP contribution in [0.1, 0.15) is 27.9 Å². The summed E-state index contributed by atoms with van der Waals surface area (Å²) in [5, 5.41) is 7.81. The monoisotopic (exact) mass is 376 g/mol. The molecule has 146 valence electrons. The van der Waals surface area contributed by atoms with Crippen LogP contribution in [0.4, 0.5) is 0 Å². The van der Waals surface area contributed by atoms with Crippen LogP contribution in [0, 0.1) is 13.8 Å². The molecule has 1 aromatic heterocycles. The van der Waals surface area contributed by atoms with Crippen molar-refractivity contribution in [3.63, 3.8) is 0 Å². The molecule has 5 heteroatoms. The van der Waals surface area contributed by atoms with Gasteiger partial charge in [-0.25, -0.2) is 4.68 Å². The van der Waals surface area contributed by atoms with Crippen molar-refractivity contribution in [2.75, 3.05) is 27.2 Å². The van der Waals surface area contributed by atoms with Crippen LogP contribution in [0.3, 0.4) is 0 Å². The highest BCUT2D eigenvalue weighted by molar-refractivity contribution is 6.00. The van der Waals surface area contributed by atoms with E-state index < -0.39 is 0 Å². The molecule has 1 heterocycles. The van der Waals surface area contributed by atoms with Crippen molar-refractivity contribution in [1.29, 1.82) is 0 Å². The first-order valence-electron chi connectivity index (χ1n) is 9.61. The van der Waals surface area contributed by atoms with E-state index in [4.69, 9.17) is 5.10 Å². The Labute approximate surface area is 167 Å². The average molecular weight is 377 g/mol. The van der Waals surface area contributed by atoms with Gasteiger partial charge < -0.3 is 10.2 Å². The average Bonchev–Trinajstić information content (AvgIpc) is 3.11. The lowest BCUT2D eigenvalue weighted by Crippen LogP contribution is -2.27. The van der Waals surface area contributed by atoms with Crippen molar-refractivity contribution < 1.29 is 4.79 Å². The van der Waals surface area contributed by atoms with E-state index >= 15 is 0 Å². The fraction of sp³-hybridized carbons (Fsp3) is 0.304. The molecule has 0 atom stereocenters.